The molecule has 2 unspecified atom stereocenters. The van der Waals surface area contributed by atoms with Crippen LogP contribution in [0, 0.1) is 5.92 Å². The van der Waals surface area contributed by atoms with Crippen LogP contribution in [-0.4, -0.2) is 96.7 Å². The van der Waals surface area contributed by atoms with Gasteiger partial charge in [-0.25, -0.2) is 9.13 Å². The Labute approximate surface area is 613 Å². The van der Waals surface area contributed by atoms with Gasteiger partial charge in [0.05, 0.1) is 26.4 Å². The maximum atomic E-state index is 13.1. The van der Waals surface area contributed by atoms with Gasteiger partial charge in [0.2, 0.25) is 0 Å². The number of aliphatic hydroxyl groups is 1. The molecule has 0 aliphatic heterocycles. The van der Waals surface area contributed by atoms with E-state index in [4.69, 9.17) is 37.0 Å². The zero-order valence-electron chi connectivity index (χ0n) is 65.3. The molecule has 0 amide bonds. The molecule has 0 aromatic carbocycles. The Bertz CT molecular complexity index is 1910. The van der Waals surface area contributed by atoms with E-state index < -0.39 is 97.5 Å². The van der Waals surface area contributed by atoms with Gasteiger partial charge in [-0.2, -0.15) is 0 Å². The normalized spacial score (nSPS) is 13.8. The Kier molecular flexibility index (Phi) is 72.5. The second-order valence-corrected chi connectivity index (χ2v) is 32.5. The molecule has 0 heterocycles. The minimum Gasteiger partial charge on any atom is -0.462 e. The second kappa shape index (κ2) is 73.9. The van der Waals surface area contributed by atoms with Crippen LogP contribution >= 0.6 is 15.6 Å². The Hall–Kier alpha value is -1.94. The number of ether oxygens (including phenoxy) is 4. The number of esters is 4. The predicted octanol–water partition coefficient (Wildman–Crippen LogP) is 24.4. The summed E-state index contributed by atoms with van der Waals surface area (Å²) in [5.74, 6) is -1.31. The fourth-order valence-corrected chi connectivity index (χ4v) is 14.2. The number of carbonyl (C=O) groups is 4. The van der Waals surface area contributed by atoms with Crippen molar-refractivity contribution in [1.29, 1.82) is 0 Å². The number of phosphoric acid groups is 2. The van der Waals surface area contributed by atoms with E-state index in [1.807, 2.05) is 0 Å². The van der Waals surface area contributed by atoms with E-state index in [-0.39, 0.29) is 25.7 Å². The van der Waals surface area contributed by atoms with Gasteiger partial charge in [0.15, 0.2) is 12.2 Å². The van der Waals surface area contributed by atoms with Gasteiger partial charge in [0.25, 0.3) is 0 Å². The molecule has 0 bridgehead atoms. The summed E-state index contributed by atoms with van der Waals surface area (Å²) in [4.78, 5) is 73.0. The average Bonchev–Trinajstić information content (AvgIpc) is 0.947. The van der Waals surface area contributed by atoms with E-state index in [0.717, 1.165) is 95.8 Å². The van der Waals surface area contributed by atoms with Gasteiger partial charge >= 0.3 is 39.5 Å². The molecular formula is C81H158O17P2. The van der Waals surface area contributed by atoms with E-state index in [1.165, 1.54) is 257 Å². The third-order valence-electron chi connectivity index (χ3n) is 19.0. The molecule has 17 nitrogen and oxygen atoms in total. The summed E-state index contributed by atoms with van der Waals surface area (Å²) in [5.41, 5.74) is 0. The number of hydrogen-bond acceptors (Lipinski definition) is 15. The summed E-state index contributed by atoms with van der Waals surface area (Å²) in [6, 6.07) is 0. The highest BCUT2D eigenvalue weighted by atomic mass is 31.2. The van der Waals surface area contributed by atoms with Crippen LogP contribution in [0.1, 0.15) is 433 Å². The van der Waals surface area contributed by atoms with Crippen molar-refractivity contribution in [2.45, 2.75) is 451 Å². The van der Waals surface area contributed by atoms with Crippen LogP contribution in [0.5, 0.6) is 0 Å². The molecule has 5 atom stereocenters. The van der Waals surface area contributed by atoms with Crippen molar-refractivity contribution in [3.8, 4) is 0 Å². The SMILES string of the molecule is CCCCCCCCCCCCCCCCCCCCC(=O)O[C@H](COC(=O)CCCCCCCCCCCCCCCC(C)C)COP(=O)(O)OC[C@@H](O)COP(=O)(O)OC[C@@H](COC(=O)CCCCCCCCCCCCC)OC(=O)CCCCCCCCCCCCCCCCC. The summed E-state index contributed by atoms with van der Waals surface area (Å²) in [5, 5.41) is 10.6. The lowest BCUT2D eigenvalue weighted by atomic mass is 10.0. The number of phosphoric ester groups is 2. The van der Waals surface area contributed by atoms with E-state index in [2.05, 4.69) is 34.6 Å². The summed E-state index contributed by atoms with van der Waals surface area (Å²) < 4.78 is 68.7. The zero-order valence-corrected chi connectivity index (χ0v) is 67.1. The largest absolute Gasteiger partial charge is 0.472 e. The average molecular weight is 1470 g/mol. The van der Waals surface area contributed by atoms with Gasteiger partial charge in [0.1, 0.15) is 19.3 Å². The highest BCUT2D eigenvalue weighted by molar-refractivity contribution is 7.47. The summed E-state index contributed by atoms with van der Waals surface area (Å²) in [6.45, 7) is 7.36. The monoisotopic (exact) mass is 1470 g/mol. The third-order valence-corrected chi connectivity index (χ3v) is 20.9. The summed E-state index contributed by atoms with van der Waals surface area (Å²) in [6.07, 6.45) is 65.0. The van der Waals surface area contributed by atoms with Gasteiger partial charge in [0, 0.05) is 25.7 Å². The van der Waals surface area contributed by atoms with Crippen LogP contribution in [0.2, 0.25) is 0 Å². The van der Waals surface area contributed by atoms with Crippen molar-refractivity contribution in [3.05, 3.63) is 0 Å². The van der Waals surface area contributed by atoms with Crippen molar-refractivity contribution in [2.75, 3.05) is 39.6 Å². The van der Waals surface area contributed by atoms with Crippen molar-refractivity contribution in [2.24, 2.45) is 5.92 Å². The molecule has 0 aliphatic carbocycles. The molecule has 0 spiro atoms. The van der Waals surface area contributed by atoms with Crippen LogP contribution < -0.4 is 0 Å². The Morgan fingerprint density at radius 2 is 0.460 bits per heavy atom. The first kappa shape index (κ1) is 98.1. The minimum absolute atomic E-state index is 0.109. The lowest BCUT2D eigenvalue weighted by molar-refractivity contribution is -0.161. The lowest BCUT2D eigenvalue weighted by Crippen LogP contribution is -2.30. The van der Waals surface area contributed by atoms with Crippen LogP contribution in [0.4, 0.5) is 0 Å². The first-order chi connectivity index (χ1) is 48.5. The Morgan fingerprint density at radius 1 is 0.270 bits per heavy atom. The first-order valence-electron chi connectivity index (χ1n) is 42.1. The number of rotatable bonds is 81. The van der Waals surface area contributed by atoms with Crippen LogP contribution in [0.25, 0.3) is 0 Å². The van der Waals surface area contributed by atoms with Gasteiger partial charge in [-0.1, -0.05) is 381 Å². The van der Waals surface area contributed by atoms with Crippen molar-refractivity contribution < 1.29 is 80.2 Å². The van der Waals surface area contributed by atoms with Crippen LogP contribution in [0.3, 0.4) is 0 Å². The van der Waals surface area contributed by atoms with Crippen LogP contribution in [-0.2, 0) is 65.4 Å². The maximum absolute atomic E-state index is 13.1. The Balaban J connectivity index is 5.25. The molecule has 100 heavy (non-hydrogen) atoms. The molecule has 3 N–H and O–H groups in total. The first-order valence-corrected chi connectivity index (χ1v) is 45.1. The highest BCUT2D eigenvalue weighted by Gasteiger charge is 2.30. The van der Waals surface area contributed by atoms with E-state index in [0.29, 0.717) is 25.7 Å². The Morgan fingerprint density at radius 3 is 0.680 bits per heavy atom. The standard InChI is InChI=1S/C81H158O17P2/c1-6-9-12-15-18-21-24-26-28-29-30-32-36-42-47-52-57-62-67-81(86)98-77(71-92-79(84)65-60-55-50-45-40-37-33-34-39-43-48-53-58-63-74(4)5)73-96-100(89,90)94-69-75(82)68-93-99(87,88)95-72-76(70-91-78(83)64-59-54-49-44-38-23-20-17-14-11-8-3)97-80(85)66-61-56-51-46-41-35-31-27-25-22-19-16-13-10-7-2/h74-77,82H,6-73H2,1-5H3,(H,87,88)(H,89,90)/t75-,76+,77+/m0/s1. The van der Waals surface area contributed by atoms with Crippen molar-refractivity contribution >= 4 is 39.5 Å². The molecule has 0 radical (unpaired) electrons. The van der Waals surface area contributed by atoms with Crippen LogP contribution in [0.15, 0.2) is 0 Å². The van der Waals surface area contributed by atoms with E-state index in [9.17, 15) is 43.2 Å². The van der Waals surface area contributed by atoms with E-state index >= 15 is 0 Å². The van der Waals surface area contributed by atoms with Crippen molar-refractivity contribution in [3.63, 3.8) is 0 Å². The summed E-state index contributed by atoms with van der Waals surface area (Å²) >= 11 is 0. The smallest absolute Gasteiger partial charge is 0.462 e. The molecule has 0 aromatic heterocycles. The highest BCUT2D eigenvalue weighted by Crippen LogP contribution is 2.45. The molecule has 19 heteroatoms. The topological polar surface area (TPSA) is 237 Å². The third kappa shape index (κ3) is 74.3. The number of aliphatic hydroxyl groups excluding tert-OH is 1. The molecular weight excluding hydrogens is 1310 g/mol. The molecule has 594 valence electrons. The van der Waals surface area contributed by atoms with E-state index in [1.54, 1.807) is 0 Å². The number of carbonyl (C=O) groups excluding carboxylic acids is 4. The fraction of sp³-hybridized carbons (Fsp3) is 0.951. The quantitative estimate of drug-likeness (QED) is 0.0222. The number of hydrogen-bond donors (Lipinski definition) is 3. The van der Waals surface area contributed by atoms with Gasteiger partial charge < -0.3 is 33.8 Å². The van der Waals surface area contributed by atoms with Gasteiger partial charge in [-0.05, 0) is 31.6 Å². The molecule has 0 aromatic rings. The molecule has 0 saturated carbocycles. The number of unbranched alkanes of at least 4 members (excludes halogenated alkanes) is 53. The lowest BCUT2D eigenvalue weighted by Gasteiger charge is -2.21. The maximum Gasteiger partial charge on any atom is 0.472 e. The van der Waals surface area contributed by atoms with Gasteiger partial charge in [-0.3, -0.25) is 37.3 Å². The molecule has 0 rings (SSSR count). The van der Waals surface area contributed by atoms with Gasteiger partial charge in [-0.15, -0.1) is 0 Å². The van der Waals surface area contributed by atoms with Crippen molar-refractivity contribution in [1.82, 2.24) is 0 Å². The molecule has 0 aliphatic rings. The molecule has 0 saturated heterocycles. The zero-order chi connectivity index (χ0) is 73.4. The second-order valence-electron chi connectivity index (χ2n) is 29.6. The summed E-state index contributed by atoms with van der Waals surface area (Å²) in [7, 11) is -9.92. The fourth-order valence-electron chi connectivity index (χ4n) is 12.6. The molecule has 0 fully saturated rings. The predicted molar refractivity (Wildman–Crippen MR) is 409 cm³/mol. The minimum atomic E-state index is -4.96.